The van der Waals surface area contributed by atoms with Crippen molar-refractivity contribution in [1.29, 1.82) is 5.26 Å². The second-order valence-corrected chi connectivity index (χ2v) is 4.20. The molecule has 0 spiro atoms. The molecular weight excluding hydrogens is 273 g/mol. The first kappa shape index (κ1) is 12.6. The van der Waals surface area contributed by atoms with E-state index in [0.29, 0.717) is 10.8 Å². The lowest BCUT2D eigenvalue weighted by atomic mass is 10.2. The Morgan fingerprint density at radius 1 is 1.06 bits per heavy atom. The molecule has 0 aliphatic carbocycles. The summed E-state index contributed by atoms with van der Waals surface area (Å²) in [4.78, 5) is 0. The SMILES string of the molecule is N#Cc1c(Oc2ccccc2Cl)ccc(O)c1Cl. The minimum Gasteiger partial charge on any atom is -0.506 e. The molecule has 18 heavy (non-hydrogen) atoms. The number of rotatable bonds is 2. The lowest BCUT2D eigenvalue weighted by Crippen LogP contribution is -1.90. The second-order valence-electron chi connectivity index (χ2n) is 3.42. The molecule has 0 aliphatic heterocycles. The largest absolute Gasteiger partial charge is 0.506 e. The molecule has 3 nitrogen and oxygen atoms in total. The average molecular weight is 280 g/mol. The minimum atomic E-state index is -0.167. The molecule has 0 radical (unpaired) electrons. The van der Waals surface area contributed by atoms with Crippen molar-refractivity contribution in [3.8, 4) is 23.3 Å². The van der Waals surface area contributed by atoms with E-state index in [1.54, 1.807) is 24.3 Å². The number of nitriles is 1. The summed E-state index contributed by atoms with van der Waals surface area (Å²) in [5.74, 6) is 0.491. The maximum absolute atomic E-state index is 9.41. The number of aromatic hydroxyl groups is 1. The molecule has 0 aromatic heterocycles. The monoisotopic (exact) mass is 279 g/mol. The molecule has 2 rings (SSSR count). The van der Waals surface area contributed by atoms with Gasteiger partial charge in [-0.05, 0) is 24.3 Å². The third-order valence-corrected chi connectivity index (χ3v) is 2.95. The van der Waals surface area contributed by atoms with Crippen LogP contribution in [0.25, 0.3) is 0 Å². The van der Waals surface area contributed by atoms with Gasteiger partial charge >= 0.3 is 0 Å². The highest BCUT2D eigenvalue weighted by atomic mass is 35.5. The van der Waals surface area contributed by atoms with Crippen molar-refractivity contribution in [2.45, 2.75) is 0 Å². The summed E-state index contributed by atoms with van der Waals surface area (Å²) in [6.45, 7) is 0. The van der Waals surface area contributed by atoms with Crippen molar-refractivity contribution in [2.24, 2.45) is 0 Å². The van der Waals surface area contributed by atoms with Gasteiger partial charge in [-0.1, -0.05) is 35.3 Å². The summed E-state index contributed by atoms with van der Waals surface area (Å²) in [7, 11) is 0. The lowest BCUT2D eigenvalue weighted by Gasteiger charge is -2.10. The third-order valence-electron chi connectivity index (χ3n) is 2.25. The summed E-state index contributed by atoms with van der Waals surface area (Å²) < 4.78 is 5.52. The Kier molecular flexibility index (Phi) is 3.61. The van der Waals surface area contributed by atoms with Crippen molar-refractivity contribution in [3.05, 3.63) is 52.0 Å². The molecule has 0 heterocycles. The Balaban J connectivity index is 2.45. The fourth-order valence-electron chi connectivity index (χ4n) is 1.38. The van der Waals surface area contributed by atoms with E-state index in [-0.39, 0.29) is 22.1 Å². The van der Waals surface area contributed by atoms with Gasteiger partial charge < -0.3 is 9.84 Å². The molecule has 0 fully saturated rings. The number of phenols is 1. The van der Waals surface area contributed by atoms with Gasteiger partial charge in [-0.15, -0.1) is 0 Å². The number of nitrogens with zero attached hydrogens (tertiary/aromatic N) is 1. The molecule has 0 amide bonds. The van der Waals surface area contributed by atoms with Gasteiger partial charge in [0.05, 0.1) is 5.02 Å². The van der Waals surface area contributed by atoms with E-state index >= 15 is 0 Å². The van der Waals surface area contributed by atoms with Crippen LogP contribution in [0.3, 0.4) is 0 Å². The summed E-state index contributed by atoms with van der Waals surface area (Å²) in [6.07, 6.45) is 0. The maximum Gasteiger partial charge on any atom is 0.147 e. The fraction of sp³-hybridized carbons (Fsp3) is 0. The number of phenolic OH excluding ortho intramolecular Hbond substituents is 1. The molecule has 0 saturated heterocycles. The number of hydrogen-bond acceptors (Lipinski definition) is 3. The van der Waals surface area contributed by atoms with Gasteiger partial charge in [0.2, 0.25) is 0 Å². The smallest absolute Gasteiger partial charge is 0.147 e. The topological polar surface area (TPSA) is 53.2 Å². The van der Waals surface area contributed by atoms with Gasteiger partial charge in [0.1, 0.15) is 33.9 Å². The van der Waals surface area contributed by atoms with E-state index in [4.69, 9.17) is 33.2 Å². The zero-order valence-electron chi connectivity index (χ0n) is 9.02. The van der Waals surface area contributed by atoms with Gasteiger partial charge in [-0.3, -0.25) is 0 Å². The molecule has 0 atom stereocenters. The fourth-order valence-corrected chi connectivity index (χ4v) is 1.76. The molecule has 0 aliphatic rings. The highest BCUT2D eigenvalue weighted by molar-refractivity contribution is 6.33. The Labute approximate surface area is 114 Å². The van der Waals surface area contributed by atoms with Crippen molar-refractivity contribution < 1.29 is 9.84 Å². The molecule has 5 heteroatoms. The van der Waals surface area contributed by atoms with Crippen molar-refractivity contribution >= 4 is 23.2 Å². The van der Waals surface area contributed by atoms with Crippen LogP contribution in [0.2, 0.25) is 10.0 Å². The molecule has 2 aromatic rings. The van der Waals surface area contributed by atoms with Crippen LogP contribution in [-0.2, 0) is 0 Å². The number of ether oxygens (including phenoxy) is 1. The van der Waals surface area contributed by atoms with Crippen LogP contribution in [0.4, 0.5) is 0 Å². The quantitative estimate of drug-likeness (QED) is 0.889. The minimum absolute atomic E-state index is 0.0398. The van der Waals surface area contributed by atoms with Crippen LogP contribution < -0.4 is 4.74 Å². The average Bonchev–Trinajstić information content (AvgIpc) is 2.37. The Morgan fingerprint density at radius 2 is 1.78 bits per heavy atom. The highest BCUT2D eigenvalue weighted by Crippen LogP contribution is 2.37. The van der Waals surface area contributed by atoms with Crippen LogP contribution in [0, 0.1) is 11.3 Å². The normalized spacial score (nSPS) is 9.83. The molecule has 0 bridgehead atoms. The molecule has 0 unspecified atom stereocenters. The predicted octanol–water partition coefficient (Wildman–Crippen LogP) is 4.36. The summed E-state index contributed by atoms with van der Waals surface area (Å²) in [6, 6.07) is 11.6. The number of hydrogen-bond donors (Lipinski definition) is 1. The first-order valence-electron chi connectivity index (χ1n) is 4.97. The van der Waals surface area contributed by atoms with Crippen LogP contribution in [0.15, 0.2) is 36.4 Å². The lowest BCUT2D eigenvalue weighted by molar-refractivity contribution is 0.463. The Hall–Kier alpha value is -1.89. The van der Waals surface area contributed by atoms with E-state index in [1.165, 1.54) is 12.1 Å². The molecule has 90 valence electrons. The first-order valence-corrected chi connectivity index (χ1v) is 5.73. The maximum atomic E-state index is 9.41. The van der Waals surface area contributed by atoms with Crippen LogP contribution in [0.5, 0.6) is 17.2 Å². The van der Waals surface area contributed by atoms with Crippen LogP contribution >= 0.6 is 23.2 Å². The third kappa shape index (κ3) is 2.35. The van der Waals surface area contributed by atoms with E-state index in [1.807, 2.05) is 6.07 Å². The molecule has 0 saturated carbocycles. The summed E-state index contributed by atoms with van der Waals surface area (Å²) in [5, 5.41) is 18.8. The number of benzene rings is 2. The molecule has 1 N–H and O–H groups in total. The number of para-hydroxylation sites is 1. The van der Waals surface area contributed by atoms with Gasteiger partial charge in [-0.2, -0.15) is 5.26 Å². The van der Waals surface area contributed by atoms with Crippen LogP contribution in [0.1, 0.15) is 5.56 Å². The van der Waals surface area contributed by atoms with E-state index in [9.17, 15) is 5.11 Å². The Morgan fingerprint density at radius 3 is 2.44 bits per heavy atom. The van der Waals surface area contributed by atoms with Gasteiger partial charge in [0.25, 0.3) is 0 Å². The highest BCUT2D eigenvalue weighted by Gasteiger charge is 2.13. The van der Waals surface area contributed by atoms with Crippen molar-refractivity contribution in [2.75, 3.05) is 0 Å². The zero-order valence-corrected chi connectivity index (χ0v) is 10.5. The molecule has 2 aromatic carbocycles. The van der Waals surface area contributed by atoms with Crippen molar-refractivity contribution in [1.82, 2.24) is 0 Å². The predicted molar refractivity (Wildman–Crippen MR) is 69.4 cm³/mol. The first-order chi connectivity index (χ1) is 8.63. The van der Waals surface area contributed by atoms with Gasteiger partial charge in [-0.25, -0.2) is 0 Å². The molecular formula is C13H7Cl2NO2. The summed E-state index contributed by atoms with van der Waals surface area (Å²) in [5.41, 5.74) is 0.0663. The van der Waals surface area contributed by atoms with Gasteiger partial charge in [0.15, 0.2) is 0 Å². The van der Waals surface area contributed by atoms with Crippen molar-refractivity contribution in [3.63, 3.8) is 0 Å². The van der Waals surface area contributed by atoms with Crippen LogP contribution in [-0.4, -0.2) is 5.11 Å². The van der Waals surface area contributed by atoms with Gasteiger partial charge in [0, 0.05) is 0 Å². The summed E-state index contributed by atoms with van der Waals surface area (Å²) >= 11 is 11.8. The Bertz CT molecular complexity index is 635. The second kappa shape index (κ2) is 5.18. The number of halogens is 2. The standard InChI is InChI=1S/C13H7Cl2NO2/c14-9-3-1-2-4-12(9)18-11-6-5-10(17)13(15)8(11)7-16/h1-6,17H. The van der Waals surface area contributed by atoms with E-state index < -0.39 is 0 Å². The zero-order chi connectivity index (χ0) is 13.1. The van der Waals surface area contributed by atoms with E-state index in [0.717, 1.165) is 0 Å². The van der Waals surface area contributed by atoms with E-state index in [2.05, 4.69) is 0 Å².